The van der Waals surface area contributed by atoms with Gasteiger partial charge in [0.15, 0.2) is 0 Å². The molecular weight excluding hydrogens is 444 g/mol. The van der Waals surface area contributed by atoms with Crippen molar-refractivity contribution >= 4 is 23.5 Å². The van der Waals surface area contributed by atoms with Crippen LogP contribution < -0.4 is 10.6 Å². The molecule has 3 aromatic rings. The van der Waals surface area contributed by atoms with E-state index in [1.54, 1.807) is 41.1 Å². The molecule has 1 heterocycles. The Morgan fingerprint density at radius 1 is 1.00 bits per heavy atom. The number of hydrogen-bond acceptors (Lipinski definition) is 5. The van der Waals surface area contributed by atoms with Crippen molar-refractivity contribution in [3.05, 3.63) is 76.6 Å². The average Bonchev–Trinajstić information content (AvgIpc) is 3.14. The summed E-state index contributed by atoms with van der Waals surface area (Å²) in [4.78, 5) is 37.0. The standard InChI is InChI=1S/C27H32N4O4/c1-17(2)16-28-27(34)23-8-6-7-9-24(23)29-26(33)20-10-12-21(13-11-20)31-19(4)22(18(3)30-31)14-15-25(32)35-5/h6-13,17H,14-16H2,1-5H3,(H,28,34)(H,29,33). The zero-order chi connectivity index (χ0) is 25.5. The molecule has 184 valence electrons. The first-order valence-electron chi connectivity index (χ1n) is 11.6. The number of amides is 2. The monoisotopic (exact) mass is 476 g/mol. The maximum atomic E-state index is 12.9. The normalized spacial score (nSPS) is 10.8. The summed E-state index contributed by atoms with van der Waals surface area (Å²) in [5, 5.41) is 10.3. The van der Waals surface area contributed by atoms with E-state index < -0.39 is 0 Å². The Kier molecular flexibility index (Phi) is 8.41. The molecule has 8 heteroatoms. The van der Waals surface area contributed by atoms with Gasteiger partial charge in [-0.25, -0.2) is 4.68 Å². The number of methoxy groups -OCH3 is 1. The highest BCUT2D eigenvalue weighted by atomic mass is 16.5. The molecule has 8 nitrogen and oxygen atoms in total. The molecule has 0 atom stereocenters. The zero-order valence-electron chi connectivity index (χ0n) is 20.8. The van der Waals surface area contributed by atoms with Gasteiger partial charge in [0.05, 0.1) is 29.7 Å². The number of para-hydroxylation sites is 1. The minimum atomic E-state index is -0.312. The van der Waals surface area contributed by atoms with Crippen LogP contribution in [0.1, 0.15) is 57.9 Å². The van der Waals surface area contributed by atoms with Crippen LogP contribution in [0.15, 0.2) is 48.5 Å². The molecule has 2 aromatic carbocycles. The molecule has 0 saturated carbocycles. The molecule has 0 aliphatic carbocycles. The first-order chi connectivity index (χ1) is 16.7. The lowest BCUT2D eigenvalue weighted by atomic mass is 10.1. The molecule has 0 fully saturated rings. The van der Waals surface area contributed by atoms with E-state index >= 15 is 0 Å². The van der Waals surface area contributed by atoms with E-state index in [9.17, 15) is 14.4 Å². The Morgan fingerprint density at radius 3 is 2.34 bits per heavy atom. The van der Waals surface area contributed by atoms with Crippen LogP contribution in [-0.4, -0.2) is 41.2 Å². The summed E-state index contributed by atoms with van der Waals surface area (Å²) in [6, 6.07) is 14.0. The van der Waals surface area contributed by atoms with E-state index in [0.717, 1.165) is 22.6 Å². The van der Waals surface area contributed by atoms with E-state index in [1.807, 2.05) is 39.8 Å². The number of ether oxygens (including phenoxy) is 1. The molecule has 3 rings (SSSR count). The second-order valence-electron chi connectivity index (χ2n) is 8.79. The highest BCUT2D eigenvalue weighted by Crippen LogP contribution is 2.21. The second-order valence-corrected chi connectivity index (χ2v) is 8.79. The first kappa shape index (κ1) is 25.7. The summed E-state index contributed by atoms with van der Waals surface area (Å²) < 4.78 is 6.54. The van der Waals surface area contributed by atoms with Crippen LogP contribution in [0, 0.1) is 19.8 Å². The van der Waals surface area contributed by atoms with Crippen LogP contribution in [0.3, 0.4) is 0 Å². The van der Waals surface area contributed by atoms with Crippen molar-refractivity contribution in [3.8, 4) is 5.69 Å². The number of aryl methyl sites for hydroxylation is 1. The largest absolute Gasteiger partial charge is 0.469 e. The molecule has 35 heavy (non-hydrogen) atoms. The zero-order valence-corrected chi connectivity index (χ0v) is 20.8. The number of rotatable bonds is 9. The fourth-order valence-corrected chi connectivity index (χ4v) is 3.75. The lowest BCUT2D eigenvalue weighted by Crippen LogP contribution is -2.28. The van der Waals surface area contributed by atoms with E-state index in [1.165, 1.54) is 7.11 Å². The molecule has 0 unspecified atom stereocenters. The lowest BCUT2D eigenvalue weighted by molar-refractivity contribution is -0.140. The molecular formula is C27H32N4O4. The molecule has 0 saturated heterocycles. The number of carbonyl (C=O) groups is 3. The van der Waals surface area contributed by atoms with Crippen LogP contribution in [0.4, 0.5) is 5.69 Å². The Labute approximate surface area is 205 Å². The molecule has 2 N–H and O–H groups in total. The van der Waals surface area contributed by atoms with Gasteiger partial charge < -0.3 is 15.4 Å². The fraction of sp³-hybridized carbons (Fsp3) is 0.333. The summed E-state index contributed by atoms with van der Waals surface area (Å²) in [7, 11) is 1.38. The third kappa shape index (κ3) is 6.35. The van der Waals surface area contributed by atoms with Gasteiger partial charge in [0.1, 0.15) is 0 Å². The van der Waals surface area contributed by atoms with Gasteiger partial charge >= 0.3 is 5.97 Å². The number of aromatic nitrogens is 2. The Morgan fingerprint density at radius 2 is 1.69 bits per heavy atom. The van der Waals surface area contributed by atoms with Crippen molar-refractivity contribution in [2.75, 3.05) is 19.0 Å². The van der Waals surface area contributed by atoms with Gasteiger partial charge in [0.2, 0.25) is 0 Å². The summed E-state index contributed by atoms with van der Waals surface area (Å²) in [6.45, 7) is 8.46. The van der Waals surface area contributed by atoms with Gasteiger partial charge in [-0.3, -0.25) is 14.4 Å². The second kappa shape index (κ2) is 11.5. The fourth-order valence-electron chi connectivity index (χ4n) is 3.75. The van der Waals surface area contributed by atoms with E-state index in [0.29, 0.717) is 42.1 Å². The molecule has 0 radical (unpaired) electrons. The number of hydrogen-bond donors (Lipinski definition) is 2. The predicted molar refractivity (Wildman–Crippen MR) is 135 cm³/mol. The number of nitrogens with zero attached hydrogens (tertiary/aromatic N) is 2. The van der Waals surface area contributed by atoms with Gasteiger partial charge in [-0.2, -0.15) is 5.10 Å². The van der Waals surface area contributed by atoms with Crippen molar-refractivity contribution in [3.63, 3.8) is 0 Å². The summed E-state index contributed by atoms with van der Waals surface area (Å²) in [5.74, 6) is -0.471. The quantitative estimate of drug-likeness (QED) is 0.450. The highest BCUT2D eigenvalue weighted by Gasteiger charge is 2.16. The smallest absolute Gasteiger partial charge is 0.305 e. The van der Waals surface area contributed by atoms with E-state index in [4.69, 9.17) is 4.74 Å². The van der Waals surface area contributed by atoms with Crippen LogP contribution in [-0.2, 0) is 16.0 Å². The minimum Gasteiger partial charge on any atom is -0.469 e. The topological polar surface area (TPSA) is 102 Å². The molecule has 0 aliphatic heterocycles. The van der Waals surface area contributed by atoms with Crippen molar-refractivity contribution < 1.29 is 19.1 Å². The van der Waals surface area contributed by atoms with Gasteiger partial charge in [-0.05, 0) is 68.1 Å². The molecule has 0 spiro atoms. The maximum Gasteiger partial charge on any atom is 0.305 e. The van der Waals surface area contributed by atoms with Crippen molar-refractivity contribution in [1.82, 2.24) is 15.1 Å². The number of nitrogens with one attached hydrogen (secondary N) is 2. The van der Waals surface area contributed by atoms with Crippen LogP contribution >= 0.6 is 0 Å². The lowest BCUT2D eigenvalue weighted by Gasteiger charge is -2.13. The van der Waals surface area contributed by atoms with Crippen LogP contribution in [0.25, 0.3) is 5.69 Å². The number of carbonyl (C=O) groups excluding carboxylic acids is 3. The highest BCUT2D eigenvalue weighted by molar-refractivity contribution is 6.09. The third-order valence-electron chi connectivity index (χ3n) is 5.71. The summed E-state index contributed by atoms with van der Waals surface area (Å²) in [6.07, 6.45) is 0.842. The predicted octanol–water partition coefficient (Wildman–Crippen LogP) is 4.23. The summed E-state index contributed by atoms with van der Waals surface area (Å²) >= 11 is 0. The van der Waals surface area contributed by atoms with Gasteiger partial charge in [0, 0.05) is 24.2 Å². The van der Waals surface area contributed by atoms with Crippen molar-refractivity contribution in [1.29, 1.82) is 0 Å². The van der Waals surface area contributed by atoms with Crippen molar-refractivity contribution in [2.45, 2.75) is 40.5 Å². The SMILES string of the molecule is COC(=O)CCc1c(C)nn(-c2ccc(C(=O)Nc3ccccc3C(=O)NCC(C)C)cc2)c1C. The first-order valence-corrected chi connectivity index (χ1v) is 11.6. The summed E-state index contributed by atoms with van der Waals surface area (Å²) in [5.41, 5.74) is 4.92. The van der Waals surface area contributed by atoms with E-state index in [-0.39, 0.29) is 17.8 Å². The van der Waals surface area contributed by atoms with Gasteiger partial charge in [0.25, 0.3) is 11.8 Å². The molecule has 0 aliphatic rings. The Bertz CT molecular complexity index is 1210. The Hall–Kier alpha value is -3.94. The Balaban J connectivity index is 1.74. The minimum absolute atomic E-state index is 0.225. The van der Waals surface area contributed by atoms with Crippen LogP contribution in [0.2, 0.25) is 0 Å². The van der Waals surface area contributed by atoms with Crippen molar-refractivity contribution in [2.24, 2.45) is 5.92 Å². The van der Waals surface area contributed by atoms with Gasteiger partial charge in [-0.15, -0.1) is 0 Å². The number of anilines is 1. The van der Waals surface area contributed by atoms with Gasteiger partial charge in [-0.1, -0.05) is 26.0 Å². The average molecular weight is 477 g/mol. The molecule has 2 amide bonds. The molecule has 0 bridgehead atoms. The maximum absolute atomic E-state index is 12.9. The van der Waals surface area contributed by atoms with E-state index in [2.05, 4.69) is 15.7 Å². The molecule has 1 aromatic heterocycles. The number of benzene rings is 2. The van der Waals surface area contributed by atoms with Crippen LogP contribution in [0.5, 0.6) is 0 Å². The number of esters is 1. The third-order valence-corrected chi connectivity index (χ3v) is 5.71.